The van der Waals surface area contributed by atoms with Crippen molar-refractivity contribution in [3.05, 3.63) is 40.4 Å². The second-order valence-corrected chi connectivity index (χ2v) is 8.52. The molecule has 2 aromatic rings. The standard InChI is InChI=1S/C22H26ClFN6O2/c1-13(2)26-20-21(27-17(12-25)19(28-20)22(31)29(3)4)30-9-7-15(8-10-30)32-18-6-5-14(23)11-16(18)24/h5-6,11,13,15H,7-10H2,1-4H3,(H,26,28). The van der Waals surface area contributed by atoms with E-state index in [9.17, 15) is 14.4 Å². The van der Waals surface area contributed by atoms with Gasteiger partial charge in [0.15, 0.2) is 34.6 Å². The highest BCUT2D eigenvalue weighted by molar-refractivity contribution is 6.30. The van der Waals surface area contributed by atoms with Crippen molar-refractivity contribution in [3.8, 4) is 11.8 Å². The lowest BCUT2D eigenvalue weighted by atomic mass is 10.1. The van der Waals surface area contributed by atoms with E-state index >= 15 is 0 Å². The van der Waals surface area contributed by atoms with Crippen LogP contribution in [0.2, 0.25) is 5.02 Å². The van der Waals surface area contributed by atoms with Crippen LogP contribution in [0.3, 0.4) is 0 Å². The molecule has 32 heavy (non-hydrogen) atoms. The number of halogens is 2. The lowest BCUT2D eigenvalue weighted by Crippen LogP contribution is -2.39. The molecule has 3 rings (SSSR count). The zero-order valence-corrected chi connectivity index (χ0v) is 19.3. The van der Waals surface area contributed by atoms with Gasteiger partial charge >= 0.3 is 0 Å². The van der Waals surface area contributed by atoms with Crippen molar-refractivity contribution in [1.82, 2.24) is 14.9 Å². The summed E-state index contributed by atoms with van der Waals surface area (Å²) >= 11 is 5.80. The second kappa shape index (κ2) is 10.0. The van der Waals surface area contributed by atoms with Gasteiger partial charge in [0.1, 0.15) is 12.2 Å². The molecule has 1 aliphatic heterocycles. The molecule has 0 radical (unpaired) electrons. The number of carbonyl (C=O) groups excluding carboxylic acids is 1. The van der Waals surface area contributed by atoms with Gasteiger partial charge in [-0.25, -0.2) is 14.4 Å². The lowest BCUT2D eigenvalue weighted by Gasteiger charge is -2.34. The molecule has 1 amide bonds. The van der Waals surface area contributed by atoms with Crippen molar-refractivity contribution in [1.29, 1.82) is 5.26 Å². The fourth-order valence-corrected chi connectivity index (χ4v) is 3.55. The van der Waals surface area contributed by atoms with Gasteiger partial charge in [-0.3, -0.25) is 4.79 Å². The number of amides is 1. The summed E-state index contributed by atoms with van der Waals surface area (Å²) in [5.41, 5.74) is -0.00421. The van der Waals surface area contributed by atoms with Crippen LogP contribution in [0.4, 0.5) is 16.0 Å². The molecule has 1 saturated heterocycles. The largest absolute Gasteiger partial charge is 0.487 e. The molecule has 1 aromatic heterocycles. The predicted octanol–water partition coefficient (Wildman–Crippen LogP) is 3.71. The van der Waals surface area contributed by atoms with E-state index in [2.05, 4.69) is 15.3 Å². The fraction of sp³-hybridized carbons (Fsp3) is 0.455. The Morgan fingerprint density at radius 1 is 1.34 bits per heavy atom. The highest BCUT2D eigenvalue weighted by atomic mass is 35.5. The molecule has 0 unspecified atom stereocenters. The molecule has 1 aromatic carbocycles. The number of nitriles is 1. The number of benzene rings is 1. The van der Waals surface area contributed by atoms with E-state index in [1.54, 1.807) is 20.2 Å². The Morgan fingerprint density at radius 3 is 2.59 bits per heavy atom. The number of piperidine rings is 1. The second-order valence-electron chi connectivity index (χ2n) is 8.08. The number of ether oxygens (including phenoxy) is 1. The van der Waals surface area contributed by atoms with E-state index < -0.39 is 5.82 Å². The molecule has 0 aliphatic carbocycles. The van der Waals surface area contributed by atoms with Crippen LogP contribution in [-0.2, 0) is 0 Å². The van der Waals surface area contributed by atoms with E-state index in [-0.39, 0.29) is 35.2 Å². The SMILES string of the molecule is CC(C)Nc1nc(C(=O)N(C)C)c(C#N)nc1N1CCC(Oc2ccc(Cl)cc2F)CC1. The Balaban J connectivity index is 1.81. The molecule has 0 atom stereocenters. The smallest absolute Gasteiger partial charge is 0.275 e. The maximum atomic E-state index is 14.1. The summed E-state index contributed by atoms with van der Waals surface area (Å²) in [6.07, 6.45) is 1.09. The maximum Gasteiger partial charge on any atom is 0.275 e. The third-order valence-corrected chi connectivity index (χ3v) is 5.18. The number of nitrogens with one attached hydrogen (secondary N) is 1. The van der Waals surface area contributed by atoms with Gasteiger partial charge in [0.2, 0.25) is 0 Å². The zero-order valence-electron chi connectivity index (χ0n) is 18.5. The number of rotatable bonds is 6. The number of hydrogen-bond acceptors (Lipinski definition) is 7. The van der Waals surface area contributed by atoms with E-state index in [1.165, 1.54) is 17.0 Å². The third-order valence-electron chi connectivity index (χ3n) is 4.95. The van der Waals surface area contributed by atoms with Crippen LogP contribution in [0.25, 0.3) is 0 Å². The third kappa shape index (κ3) is 5.37. The van der Waals surface area contributed by atoms with Gasteiger partial charge in [-0.1, -0.05) is 11.6 Å². The van der Waals surface area contributed by atoms with Gasteiger partial charge in [-0.15, -0.1) is 0 Å². The van der Waals surface area contributed by atoms with Crippen LogP contribution >= 0.6 is 11.6 Å². The van der Waals surface area contributed by atoms with Crippen LogP contribution < -0.4 is 15.0 Å². The molecule has 1 N–H and O–H groups in total. The number of anilines is 2. The van der Waals surface area contributed by atoms with Gasteiger partial charge in [-0.05, 0) is 32.0 Å². The van der Waals surface area contributed by atoms with Crippen molar-refractivity contribution in [2.45, 2.75) is 38.8 Å². The zero-order chi connectivity index (χ0) is 23.4. The highest BCUT2D eigenvalue weighted by Crippen LogP contribution is 2.29. The van der Waals surface area contributed by atoms with E-state index in [0.29, 0.717) is 42.6 Å². The molecule has 0 bridgehead atoms. The maximum absolute atomic E-state index is 14.1. The topological polar surface area (TPSA) is 94.4 Å². The molecule has 0 spiro atoms. The molecule has 2 heterocycles. The quantitative estimate of drug-likeness (QED) is 0.702. The van der Waals surface area contributed by atoms with Crippen molar-refractivity contribution < 1.29 is 13.9 Å². The van der Waals surface area contributed by atoms with Crippen LogP contribution in [0.5, 0.6) is 5.75 Å². The van der Waals surface area contributed by atoms with Crippen molar-refractivity contribution in [2.24, 2.45) is 0 Å². The molecule has 1 fully saturated rings. The van der Waals surface area contributed by atoms with E-state index in [1.807, 2.05) is 24.8 Å². The summed E-state index contributed by atoms with van der Waals surface area (Å²) in [7, 11) is 3.20. The molecular formula is C22H26ClFN6O2. The average molecular weight is 461 g/mol. The van der Waals surface area contributed by atoms with Gasteiger partial charge in [0.25, 0.3) is 5.91 Å². The minimum Gasteiger partial charge on any atom is -0.487 e. The van der Waals surface area contributed by atoms with Crippen molar-refractivity contribution in [3.63, 3.8) is 0 Å². The summed E-state index contributed by atoms with van der Waals surface area (Å²) in [6.45, 7) is 5.07. The minimum atomic E-state index is -0.492. The van der Waals surface area contributed by atoms with Gasteiger partial charge in [-0.2, -0.15) is 5.26 Å². The van der Waals surface area contributed by atoms with Crippen LogP contribution in [-0.4, -0.2) is 60.1 Å². The summed E-state index contributed by atoms with van der Waals surface area (Å²) in [5, 5.41) is 13.1. The van der Waals surface area contributed by atoms with Crippen LogP contribution in [0.15, 0.2) is 18.2 Å². The van der Waals surface area contributed by atoms with Crippen LogP contribution in [0.1, 0.15) is 42.9 Å². The van der Waals surface area contributed by atoms with Gasteiger partial charge in [0, 0.05) is 51.1 Å². The first-order valence-corrected chi connectivity index (χ1v) is 10.7. The number of nitrogens with zero attached hydrogens (tertiary/aromatic N) is 5. The summed E-state index contributed by atoms with van der Waals surface area (Å²) < 4.78 is 19.9. The Bertz CT molecular complexity index is 1030. The van der Waals surface area contributed by atoms with Gasteiger partial charge in [0.05, 0.1) is 0 Å². The minimum absolute atomic E-state index is 0.0147. The van der Waals surface area contributed by atoms with Crippen LogP contribution in [0, 0.1) is 17.1 Å². The van der Waals surface area contributed by atoms with Crippen molar-refractivity contribution >= 4 is 29.1 Å². The van der Waals surface area contributed by atoms with Crippen molar-refractivity contribution in [2.75, 3.05) is 37.4 Å². The summed E-state index contributed by atoms with van der Waals surface area (Å²) in [6, 6.07) is 6.39. The molecular weight excluding hydrogens is 435 g/mol. The lowest BCUT2D eigenvalue weighted by molar-refractivity contribution is 0.0821. The Hall–Kier alpha value is -3.12. The highest BCUT2D eigenvalue weighted by Gasteiger charge is 2.28. The summed E-state index contributed by atoms with van der Waals surface area (Å²) in [4.78, 5) is 24.8. The molecule has 170 valence electrons. The van der Waals surface area contributed by atoms with E-state index in [4.69, 9.17) is 16.3 Å². The number of aromatic nitrogens is 2. The molecule has 8 nitrogen and oxygen atoms in total. The molecule has 0 saturated carbocycles. The molecule has 1 aliphatic rings. The first-order valence-electron chi connectivity index (χ1n) is 10.4. The monoisotopic (exact) mass is 460 g/mol. The number of hydrogen-bond donors (Lipinski definition) is 1. The first-order chi connectivity index (χ1) is 15.2. The molecule has 10 heteroatoms. The Morgan fingerprint density at radius 2 is 2.03 bits per heavy atom. The fourth-order valence-electron chi connectivity index (χ4n) is 3.39. The predicted molar refractivity (Wildman–Crippen MR) is 121 cm³/mol. The normalized spacial score (nSPS) is 14.2. The first kappa shape index (κ1) is 23.5. The Labute approximate surface area is 192 Å². The summed E-state index contributed by atoms with van der Waals surface area (Å²) in [5.74, 6) is 0.264. The Kier molecular flexibility index (Phi) is 7.36. The average Bonchev–Trinajstić information content (AvgIpc) is 2.75. The number of carbonyl (C=O) groups is 1. The van der Waals surface area contributed by atoms with E-state index in [0.717, 1.165) is 0 Å². The van der Waals surface area contributed by atoms with Gasteiger partial charge < -0.3 is 19.9 Å².